The lowest BCUT2D eigenvalue weighted by atomic mass is 10.2. The van der Waals surface area contributed by atoms with Crippen LogP contribution in [0.25, 0.3) is 0 Å². The highest BCUT2D eigenvalue weighted by Crippen LogP contribution is 2.38. The first-order chi connectivity index (χ1) is 7.76. The van der Waals surface area contributed by atoms with Gasteiger partial charge in [0.25, 0.3) is 6.43 Å². The lowest BCUT2D eigenvalue weighted by Crippen LogP contribution is -2.19. The molecule has 0 unspecified atom stereocenters. The summed E-state index contributed by atoms with van der Waals surface area (Å²) < 4.78 is 64.6. The Morgan fingerprint density at radius 2 is 1.94 bits per heavy atom. The summed E-state index contributed by atoms with van der Waals surface area (Å²) >= 11 is 10.8. The SMILES string of the molecule is FC(F)c1cnc(Cl)c(CCl)c1OC(F)(F)F. The van der Waals surface area contributed by atoms with E-state index >= 15 is 0 Å². The molecule has 2 nitrogen and oxygen atoms in total. The van der Waals surface area contributed by atoms with Crippen molar-refractivity contribution >= 4 is 23.2 Å². The molecule has 0 fully saturated rings. The van der Waals surface area contributed by atoms with E-state index in [9.17, 15) is 22.0 Å². The summed E-state index contributed by atoms with van der Waals surface area (Å²) in [6.07, 6.45) is -7.78. The summed E-state index contributed by atoms with van der Waals surface area (Å²) in [5, 5.41) is -0.413. The van der Waals surface area contributed by atoms with Crippen LogP contribution in [0.5, 0.6) is 5.75 Å². The molecular weight excluding hydrogens is 292 g/mol. The van der Waals surface area contributed by atoms with Crippen LogP contribution in [0, 0.1) is 0 Å². The van der Waals surface area contributed by atoms with Crippen LogP contribution in [0.2, 0.25) is 5.15 Å². The Labute approximate surface area is 102 Å². The van der Waals surface area contributed by atoms with Crippen molar-refractivity contribution in [3.63, 3.8) is 0 Å². The van der Waals surface area contributed by atoms with Gasteiger partial charge in [-0.1, -0.05) is 11.6 Å². The summed E-state index contributed by atoms with van der Waals surface area (Å²) in [5.41, 5.74) is -1.44. The summed E-state index contributed by atoms with van der Waals surface area (Å²) in [6, 6.07) is 0. The minimum absolute atomic E-state index is 0.413. The molecule has 0 spiro atoms. The molecule has 9 heteroatoms. The van der Waals surface area contributed by atoms with Gasteiger partial charge in [-0.25, -0.2) is 13.8 Å². The molecule has 0 aliphatic carbocycles. The van der Waals surface area contributed by atoms with E-state index in [1.165, 1.54) is 0 Å². The van der Waals surface area contributed by atoms with Crippen LogP contribution in [0.1, 0.15) is 17.6 Å². The number of pyridine rings is 1. The van der Waals surface area contributed by atoms with E-state index in [0.717, 1.165) is 0 Å². The minimum atomic E-state index is -5.12. The Kier molecular flexibility index (Phi) is 4.37. The van der Waals surface area contributed by atoms with Crippen LogP contribution in [0.4, 0.5) is 22.0 Å². The smallest absolute Gasteiger partial charge is 0.405 e. The Morgan fingerprint density at radius 3 is 2.35 bits per heavy atom. The Balaban J connectivity index is 3.34. The van der Waals surface area contributed by atoms with Crippen molar-refractivity contribution in [1.82, 2.24) is 4.98 Å². The number of halogens is 7. The van der Waals surface area contributed by atoms with Gasteiger partial charge in [-0.15, -0.1) is 24.8 Å². The molecule has 0 bridgehead atoms. The second-order valence-corrected chi connectivity index (χ2v) is 3.42. The van der Waals surface area contributed by atoms with Gasteiger partial charge in [0.1, 0.15) is 10.9 Å². The minimum Gasteiger partial charge on any atom is -0.405 e. The molecule has 0 aliphatic rings. The number of aromatic nitrogens is 1. The number of nitrogens with zero attached hydrogens (tertiary/aromatic N) is 1. The number of rotatable bonds is 3. The molecule has 0 aromatic carbocycles. The van der Waals surface area contributed by atoms with Crippen LogP contribution >= 0.6 is 23.2 Å². The van der Waals surface area contributed by atoms with Gasteiger partial charge in [0.15, 0.2) is 0 Å². The van der Waals surface area contributed by atoms with Gasteiger partial charge in [0.05, 0.1) is 11.4 Å². The van der Waals surface area contributed by atoms with Gasteiger partial charge in [0.2, 0.25) is 0 Å². The number of hydrogen-bond donors (Lipinski definition) is 0. The van der Waals surface area contributed by atoms with E-state index in [-0.39, 0.29) is 0 Å². The summed E-state index contributed by atoms with van der Waals surface area (Å²) in [7, 11) is 0. The highest BCUT2D eigenvalue weighted by atomic mass is 35.5. The van der Waals surface area contributed by atoms with Crippen LogP contribution in [-0.4, -0.2) is 11.3 Å². The maximum absolute atomic E-state index is 12.5. The molecule has 0 saturated carbocycles. The zero-order valence-corrected chi connectivity index (χ0v) is 9.37. The molecule has 1 aromatic heterocycles. The fourth-order valence-corrected chi connectivity index (χ4v) is 1.56. The van der Waals surface area contributed by atoms with E-state index in [1.54, 1.807) is 0 Å². The van der Waals surface area contributed by atoms with Crippen LogP contribution in [-0.2, 0) is 5.88 Å². The molecular formula is C8H4Cl2F5NO. The van der Waals surface area contributed by atoms with E-state index in [2.05, 4.69) is 9.72 Å². The largest absolute Gasteiger partial charge is 0.573 e. The third kappa shape index (κ3) is 3.57. The standard InChI is InChI=1S/C8H4Cl2F5NO/c9-1-3-5(17-8(13,14)15)4(7(11)12)2-16-6(3)10/h2,7H,1H2. The van der Waals surface area contributed by atoms with Gasteiger partial charge >= 0.3 is 6.36 Å². The van der Waals surface area contributed by atoms with Crippen molar-refractivity contribution in [2.24, 2.45) is 0 Å². The van der Waals surface area contributed by atoms with Crippen LogP contribution in [0.15, 0.2) is 6.20 Å². The average molecular weight is 296 g/mol. The molecule has 0 amide bonds. The zero-order valence-electron chi connectivity index (χ0n) is 7.86. The first-order valence-corrected chi connectivity index (χ1v) is 4.94. The second-order valence-electron chi connectivity index (χ2n) is 2.79. The predicted molar refractivity (Wildman–Crippen MR) is 50.4 cm³/mol. The molecule has 1 aromatic rings. The molecule has 1 rings (SSSR count). The normalized spacial score (nSPS) is 12.0. The van der Waals surface area contributed by atoms with Crippen LogP contribution < -0.4 is 4.74 Å². The lowest BCUT2D eigenvalue weighted by molar-refractivity contribution is -0.275. The third-order valence-corrected chi connectivity index (χ3v) is 2.28. The van der Waals surface area contributed by atoms with Crippen molar-refractivity contribution < 1.29 is 26.7 Å². The second kappa shape index (κ2) is 5.22. The van der Waals surface area contributed by atoms with E-state index < -0.39 is 40.7 Å². The number of hydrogen-bond acceptors (Lipinski definition) is 2. The fraction of sp³-hybridized carbons (Fsp3) is 0.375. The van der Waals surface area contributed by atoms with Crippen molar-refractivity contribution in [3.05, 3.63) is 22.5 Å². The molecule has 17 heavy (non-hydrogen) atoms. The van der Waals surface area contributed by atoms with E-state index in [1.807, 2.05) is 0 Å². The first-order valence-electron chi connectivity index (χ1n) is 4.03. The molecule has 0 N–H and O–H groups in total. The third-order valence-electron chi connectivity index (χ3n) is 1.69. The monoisotopic (exact) mass is 295 g/mol. The Morgan fingerprint density at radius 1 is 1.35 bits per heavy atom. The van der Waals surface area contributed by atoms with Gasteiger partial charge in [0, 0.05) is 11.8 Å². The topological polar surface area (TPSA) is 22.1 Å². The molecule has 1 heterocycles. The highest BCUT2D eigenvalue weighted by molar-refractivity contribution is 6.31. The molecule has 0 radical (unpaired) electrons. The van der Waals surface area contributed by atoms with Crippen molar-refractivity contribution in [2.45, 2.75) is 18.7 Å². The number of ether oxygens (including phenoxy) is 1. The fourth-order valence-electron chi connectivity index (χ4n) is 1.04. The van der Waals surface area contributed by atoms with Crippen molar-refractivity contribution in [1.29, 1.82) is 0 Å². The molecule has 0 saturated heterocycles. The van der Waals surface area contributed by atoms with Gasteiger partial charge in [-0.05, 0) is 0 Å². The predicted octanol–water partition coefficient (Wildman–Crippen LogP) is 4.31. The quantitative estimate of drug-likeness (QED) is 0.471. The number of alkyl halides is 6. The van der Waals surface area contributed by atoms with Crippen LogP contribution in [0.3, 0.4) is 0 Å². The van der Waals surface area contributed by atoms with Crippen molar-refractivity contribution in [2.75, 3.05) is 0 Å². The van der Waals surface area contributed by atoms with E-state index in [0.29, 0.717) is 6.20 Å². The zero-order chi connectivity index (χ0) is 13.2. The van der Waals surface area contributed by atoms with Gasteiger partial charge in [-0.3, -0.25) is 0 Å². The molecule has 0 aliphatic heterocycles. The molecule has 0 atom stereocenters. The maximum atomic E-state index is 12.5. The van der Waals surface area contributed by atoms with E-state index in [4.69, 9.17) is 23.2 Å². The van der Waals surface area contributed by atoms with Crippen molar-refractivity contribution in [3.8, 4) is 5.75 Å². The van der Waals surface area contributed by atoms with Gasteiger partial charge < -0.3 is 4.74 Å². The summed E-state index contributed by atoms with van der Waals surface area (Å²) in [6.45, 7) is 0. The highest BCUT2D eigenvalue weighted by Gasteiger charge is 2.35. The maximum Gasteiger partial charge on any atom is 0.573 e. The first kappa shape index (κ1) is 14.2. The summed E-state index contributed by atoms with van der Waals surface area (Å²) in [5.74, 6) is -1.62. The molecule has 96 valence electrons. The Hall–Kier alpha value is -0.820. The van der Waals surface area contributed by atoms with Gasteiger partial charge in [-0.2, -0.15) is 0 Å². The summed E-state index contributed by atoms with van der Waals surface area (Å²) in [4.78, 5) is 3.32. The average Bonchev–Trinajstić information content (AvgIpc) is 2.15. The Bertz CT molecular complexity index is 410. The lowest BCUT2D eigenvalue weighted by Gasteiger charge is -2.16.